The summed E-state index contributed by atoms with van der Waals surface area (Å²) in [6.07, 6.45) is 3.69. The Bertz CT molecular complexity index is 167. The maximum atomic E-state index is 10.2. The average Bonchev–Trinajstić information content (AvgIpc) is 2.25. The third kappa shape index (κ3) is 1.80. The summed E-state index contributed by atoms with van der Waals surface area (Å²) in [6.45, 7) is 6.44. The fourth-order valence-electron chi connectivity index (χ4n) is 2.26. The summed E-state index contributed by atoms with van der Waals surface area (Å²) in [7, 11) is 0. The molecular formula is C10H21NO. The standard InChI is InChI=1S/C10H21NO/c1-4-8(11)10(12)6-5-9(2,3)7-10/h8,12H,4-7,11H2,1-3H3. The van der Waals surface area contributed by atoms with Gasteiger partial charge in [-0.1, -0.05) is 20.8 Å². The molecule has 1 rings (SSSR count). The molecule has 0 aromatic heterocycles. The van der Waals surface area contributed by atoms with E-state index in [2.05, 4.69) is 13.8 Å². The first-order chi connectivity index (χ1) is 5.40. The largest absolute Gasteiger partial charge is 0.388 e. The second-order valence-electron chi connectivity index (χ2n) is 4.96. The first-order valence-corrected chi connectivity index (χ1v) is 4.88. The van der Waals surface area contributed by atoms with Crippen molar-refractivity contribution in [1.29, 1.82) is 0 Å². The van der Waals surface area contributed by atoms with Gasteiger partial charge in [-0.3, -0.25) is 0 Å². The van der Waals surface area contributed by atoms with Crippen LogP contribution in [0.3, 0.4) is 0 Å². The van der Waals surface area contributed by atoms with Gasteiger partial charge < -0.3 is 10.8 Å². The number of rotatable bonds is 2. The van der Waals surface area contributed by atoms with Crippen molar-refractivity contribution >= 4 is 0 Å². The Morgan fingerprint density at radius 3 is 2.33 bits per heavy atom. The lowest BCUT2D eigenvalue weighted by Gasteiger charge is -2.30. The van der Waals surface area contributed by atoms with Gasteiger partial charge in [0.2, 0.25) is 0 Å². The van der Waals surface area contributed by atoms with Crippen LogP contribution in [0.25, 0.3) is 0 Å². The lowest BCUT2D eigenvalue weighted by molar-refractivity contribution is 0.0107. The van der Waals surface area contributed by atoms with Gasteiger partial charge in [-0.05, 0) is 31.1 Å². The van der Waals surface area contributed by atoms with Crippen molar-refractivity contribution in [2.45, 2.75) is 58.1 Å². The maximum absolute atomic E-state index is 10.2. The van der Waals surface area contributed by atoms with Crippen LogP contribution in [0, 0.1) is 5.41 Å². The molecular weight excluding hydrogens is 150 g/mol. The lowest BCUT2D eigenvalue weighted by Crippen LogP contribution is -2.46. The molecule has 1 saturated carbocycles. The summed E-state index contributed by atoms with van der Waals surface area (Å²) in [5.74, 6) is 0. The minimum atomic E-state index is -0.585. The van der Waals surface area contributed by atoms with E-state index in [0.717, 1.165) is 25.7 Å². The highest BCUT2D eigenvalue weighted by molar-refractivity contribution is 4.99. The van der Waals surface area contributed by atoms with Crippen LogP contribution >= 0.6 is 0 Å². The Morgan fingerprint density at radius 2 is 2.00 bits per heavy atom. The Hall–Kier alpha value is -0.0800. The number of hydrogen-bond donors (Lipinski definition) is 2. The molecule has 3 N–H and O–H groups in total. The molecule has 0 radical (unpaired) electrons. The van der Waals surface area contributed by atoms with Crippen LogP contribution in [-0.4, -0.2) is 16.7 Å². The van der Waals surface area contributed by atoms with E-state index in [-0.39, 0.29) is 11.5 Å². The Kier molecular flexibility index (Phi) is 2.50. The molecule has 2 nitrogen and oxygen atoms in total. The van der Waals surface area contributed by atoms with Gasteiger partial charge >= 0.3 is 0 Å². The van der Waals surface area contributed by atoms with Crippen LogP contribution in [0.15, 0.2) is 0 Å². The van der Waals surface area contributed by atoms with Crippen molar-refractivity contribution in [3.05, 3.63) is 0 Å². The Labute approximate surface area is 75.2 Å². The van der Waals surface area contributed by atoms with E-state index in [1.807, 2.05) is 6.92 Å². The molecule has 0 amide bonds. The Balaban J connectivity index is 2.64. The second-order valence-corrected chi connectivity index (χ2v) is 4.96. The SMILES string of the molecule is CCC(N)C1(O)CCC(C)(C)C1. The predicted octanol–water partition coefficient (Wildman–Crippen LogP) is 1.66. The molecule has 2 unspecified atom stereocenters. The van der Waals surface area contributed by atoms with Gasteiger partial charge in [-0.25, -0.2) is 0 Å². The van der Waals surface area contributed by atoms with Crippen molar-refractivity contribution in [3.8, 4) is 0 Å². The van der Waals surface area contributed by atoms with Crippen molar-refractivity contribution < 1.29 is 5.11 Å². The molecule has 0 aromatic carbocycles. The summed E-state index contributed by atoms with van der Waals surface area (Å²) >= 11 is 0. The molecule has 2 heteroatoms. The second kappa shape index (κ2) is 3.00. The van der Waals surface area contributed by atoms with Crippen molar-refractivity contribution in [2.75, 3.05) is 0 Å². The highest BCUT2D eigenvalue weighted by Crippen LogP contribution is 2.45. The summed E-state index contributed by atoms with van der Waals surface area (Å²) in [5.41, 5.74) is 5.58. The molecule has 0 spiro atoms. The summed E-state index contributed by atoms with van der Waals surface area (Å²) in [4.78, 5) is 0. The van der Waals surface area contributed by atoms with Crippen molar-refractivity contribution in [2.24, 2.45) is 11.1 Å². The summed E-state index contributed by atoms with van der Waals surface area (Å²) in [6, 6.07) is -0.0423. The van der Waals surface area contributed by atoms with E-state index >= 15 is 0 Å². The van der Waals surface area contributed by atoms with E-state index in [0.29, 0.717) is 0 Å². The van der Waals surface area contributed by atoms with E-state index in [4.69, 9.17) is 5.73 Å². The van der Waals surface area contributed by atoms with Crippen LogP contribution in [-0.2, 0) is 0 Å². The molecule has 0 aromatic rings. The average molecular weight is 171 g/mol. The maximum Gasteiger partial charge on any atom is 0.0803 e. The number of aliphatic hydroxyl groups is 1. The van der Waals surface area contributed by atoms with Crippen LogP contribution in [0.2, 0.25) is 0 Å². The van der Waals surface area contributed by atoms with Gasteiger partial charge in [0.1, 0.15) is 0 Å². The van der Waals surface area contributed by atoms with Gasteiger partial charge in [-0.2, -0.15) is 0 Å². The normalized spacial score (nSPS) is 36.8. The van der Waals surface area contributed by atoms with Crippen molar-refractivity contribution in [3.63, 3.8) is 0 Å². The predicted molar refractivity (Wildman–Crippen MR) is 50.8 cm³/mol. The molecule has 2 atom stereocenters. The Morgan fingerprint density at radius 1 is 1.42 bits per heavy atom. The molecule has 0 heterocycles. The zero-order valence-corrected chi connectivity index (χ0v) is 8.43. The third-order valence-electron chi connectivity index (χ3n) is 3.15. The smallest absolute Gasteiger partial charge is 0.0803 e. The molecule has 72 valence electrons. The van der Waals surface area contributed by atoms with E-state index in [1.54, 1.807) is 0 Å². The highest BCUT2D eigenvalue weighted by Gasteiger charge is 2.44. The zero-order chi connectivity index (χ0) is 9.41. The molecule has 0 saturated heterocycles. The molecule has 0 aliphatic heterocycles. The first kappa shape index (κ1) is 10.0. The fourth-order valence-corrected chi connectivity index (χ4v) is 2.26. The van der Waals surface area contributed by atoms with Crippen LogP contribution in [0.4, 0.5) is 0 Å². The molecule has 0 bridgehead atoms. The minimum Gasteiger partial charge on any atom is -0.388 e. The zero-order valence-electron chi connectivity index (χ0n) is 8.43. The molecule has 1 fully saturated rings. The van der Waals surface area contributed by atoms with Crippen molar-refractivity contribution in [1.82, 2.24) is 0 Å². The molecule has 1 aliphatic carbocycles. The monoisotopic (exact) mass is 171 g/mol. The molecule has 1 aliphatic rings. The number of nitrogens with two attached hydrogens (primary N) is 1. The van der Waals surface area contributed by atoms with Gasteiger partial charge in [-0.15, -0.1) is 0 Å². The van der Waals surface area contributed by atoms with E-state index in [1.165, 1.54) is 0 Å². The van der Waals surface area contributed by atoms with Gasteiger partial charge in [0, 0.05) is 6.04 Å². The van der Waals surface area contributed by atoms with E-state index in [9.17, 15) is 5.11 Å². The van der Waals surface area contributed by atoms with Gasteiger partial charge in [0.25, 0.3) is 0 Å². The first-order valence-electron chi connectivity index (χ1n) is 4.88. The van der Waals surface area contributed by atoms with Gasteiger partial charge in [0.15, 0.2) is 0 Å². The minimum absolute atomic E-state index is 0.0423. The van der Waals surface area contributed by atoms with Gasteiger partial charge in [0.05, 0.1) is 5.60 Å². The lowest BCUT2D eigenvalue weighted by atomic mass is 9.85. The van der Waals surface area contributed by atoms with E-state index < -0.39 is 5.60 Å². The van der Waals surface area contributed by atoms with Crippen LogP contribution in [0.1, 0.15) is 46.5 Å². The fraction of sp³-hybridized carbons (Fsp3) is 1.00. The number of hydrogen-bond acceptors (Lipinski definition) is 2. The quantitative estimate of drug-likeness (QED) is 0.664. The third-order valence-corrected chi connectivity index (χ3v) is 3.15. The molecule has 12 heavy (non-hydrogen) atoms. The van der Waals surface area contributed by atoms with Crippen LogP contribution in [0.5, 0.6) is 0 Å². The topological polar surface area (TPSA) is 46.2 Å². The van der Waals surface area contributed by atoms with Crippen LogP contribution < -0.4 is 5.73 Å². The summed E-state index contributed by atoms with van der Waals surface area (Å²) < 4.78 is 0. The highest BCUT2D eigenvalue weighted by atomic mass is 16.3. The summed E-state index contributed by atoms with van der Waals surface area (Å²) in [5, 5.41) is 10.2.